The number of aliphatic hydroxyl groups excluding tert-OH is 1. The van der Waals surface area contributed by atoms with Gasteiger partial charge in [-0.25, -0.2) is 0 Å². The predicted molar refractivity (Wildman–Crippen MR) is 143 cm³/mol. The number of β-amino-alcohol motifs (C(OH)–C–C–N with tert-alkyl or cyclic N) is 1. The average molecular weight is 564 g/mol. The Balaban J connectivity index is 1.30. The Morgan fingerprint density at radius 1 is 1.21 bits per heavy atom. The topological polar surface area (TPSA) is 82.8 Å². The fourth-order valence-corrected chi connectivity index (χ4v) is 5.72. The summed E-state index contributed by atoms with van der Waals surface area (Å²) in [6.07, 6.45) is 0.588. The molecule has 0 bridgehead atoms. The van der Waals surface area contributed by atoms with Crippen molar-refractivity contribution >= 4 is 51.4 Å². The minimum absolute atomic E-state index is 0.0227. The second-order valence-corrected chi connectivity index (χ2v) is 10.7. The van der Waals surface area contributed by atoms with Crippen molar-refractivity contribution in [2.75, 3.05) is 26.2 Å². The van der Waals surface area contributed by atoms with E-state index in [9.17, 15) is 18.0 Å². The van der Waals surface area contributed by atoms with Crippen molar-refractivity contribution < 1.29 is 23.1 Å². The maximum atomic E-state index is 13.5. The monoisotopic (exact) mass is 563 g/mol. The molecule has 0 atom stereocenters. The molecule has 5 rings (SSSR count). The van der Waals surface area contributed by atoms with Gasteiger partial charge in [0, 0.05) is 30.0 Å². The van der Waals surface area contributed by atoms with Gasteiger partial charge in [0.1, 0.15) is 0 Å². The number of carbonyl (C=O) groups is 1. The highest BCUT2D eigenvalue weighted by Gasteiger charge is 2.33. The van der Waals surface area contributed by atoms with Gasteiger partial charge in [-0.05, 0) is 66.1 Å². The van der Waals surface area contributed by atoms with E-state index in [0.717, 1.165) is 42.9 Å². The van der Waals surface area contributed by atoms with E-state index in [-0.39, 0.29) is 35.7 Å². The molecule has 2 aliphatic rings. The van der Waals surface area contributed by atoms with E-state index in [2.05, 4.69) is 15.3 Å². The van der Waals surface area contributed by atoms with Crippen molar-refractivity contribution in [2.45, 2.75) is 31.6 Å². The van der Waals surface area contributed by atoms with Crippen LogP contribution in [0.2, 0.25) is 5.02 Å². The van der Waals surface area contributed by atoms with Crippen molar-refractivity contribution in [3.63, 3.8) is 0 Å². The van der Waals surface area contributed by atoms with E-state index in [4.69, 9.17) is 21.7 Å². The van der Waals surface area contributed by atoms with Crippen LogP contribution in [0.3, 0.4) is 0 Å². The molecule has 2 N–H and O–H groups in total. The van der Waals surface area contributed by atoms with E-state index >= 15 is 0 Å². The van der Waals surface area contributed by atoms with Crippen LogP contribution >= 0.6 is 23.4 Å². The fraction of sp³-hybridized carbons (Fsp3) is 0.346. The first-order chi connectivity index (χ1) is 18.2. The van der Waals surface area contributed by atoms with Crippen LogP contribution in [0.4, 0.5) is 13.2 Å². The number of carbonyl (C=O) groups excluding carboxylic acids is 1. The number of fused-ring (bicyclic) bond motifs is 1. The van der Waals surface area contributed by atoms with Crippen LogP contribution in [0.1, 0.15) is 29.5 Å². The maximum Gasteiger partial charge on any atom is 0.416 e. The number of rotatable bonds is 6. The number of piperidine rings is 1. The summed E-state index contributed by atoms with van der Waals surface area (Å²) in [7, 11) is 0. The number of amidine groups is 1. The van der Waals surface area contributed by atoms with Gasteiger partial charge in [-0.3, -0.25) is 14.5 Å². The Kier molecular flexibility index (Phi) is 7.80. The highest BCUT2D eigenvalue weighted by molar-refractivity contribution is 8.18. The molecule has 3 heterocycles. The molecule has 200 valence electrons. The maximum absolute atomic E-state index is 13.5. The van der Waals surface area contributed by atoms with Crippen LogP contribution in [-0.4, -0.2) is 63.1 Å². The molecule has 0 aliphatic carbocycles. The molecule has 0 spiro atoms. The summed E-state index contributed by atoms with van der Waals surface area (Å²) in [4.78, 5) is 20.0. The number of aromatic nitrogens is 2. The third-order valence-electron chi connectivity index (χ3n) is 6.59. The Labute approximate surface area is 226 Å². The zero-order chi connectivity index (χ0) is 26.9. The molecule has 3 aromatic rings. The zero-order valence-electron chi connectivity index (χ0n) is 20.2. The summed E-state index contributed by atoms with van der Waals surface area (Å²) < 4.78 is 42.0. The lowest BCUT2D eigenvalue weighted by atomic mass is 10.1. The Morgan fingerprint density at radius 3 is 2.74 bits per heavy atom. The molecular formula is C26H25ClF3N5O2S. The van der Waals surface area contributed by atoms with Crippen LogP contribution in [0.25, 0.3) is 17.0 Å². The molecule has 2 aliphatic heterocycles. The minimum atomic E-state index is -4.53. The third-order valence-corrected chi connectivity index (χ3v) is 7.74. The molecule has 1 aromatic heterocycles. The van der Waals surface area contributed by atoms with Crippen molar-refractivity contribution in [1.82, 2.24) is 20.0 Å². The summed E-state index contributed by atoms with van der Waals surface area (Å²) in [5.41, 5.74) is 0.736. The van der Waals surface area contributed by atoms with Crippen LogP contribution in [0.5, 0.6) is 0 Å². The van der Waals surface area contributed by atoms with E-state index in [1.807, 2.05) is 6.07 Å². The highest BCUT2D eigenvalue weighted by Crippen LogP contribution is 2.35. The summed E-state index contributed by atoms with van der Waals surface area (Å²) in [6.45, 7) is 2.49. The Morgan fingerprint density at radius 2 is 2.00 bits per heavy atom. The molecule has 0 unspecified atom stereocenters. The number of likely N-dealkylation sites (tertiary alicyclic amines) is 1. The second kappa shape index (κ2) is 11.1. The molecule has 0 saturated carbocycles. The number of hydrogen-bond acceptors (Lipinski definition) is 6. The summed E-state index contributed by atoms with van der Waals surface area (Å²) in [5, 5.41) is 17.6. The first kappa shape index (κ1) is 26.7. The lowest BCUT2D eigenvalue weighted by Gasteiger charge is -2.29. The van der Waals surface area contributed by atoms with E-state index in [1.54, 1.807) is 24.4 Å². The summed E-state index contributed by atoms with van der Waals surface area (Å²) >= 11 is 7.09. The number of nitrogens with zero attached hydrogens (tertiary/aromatic N) is 4. The van der Waals surface area contributed by atoms with Gasteiger partial charge in [0.05, 0.1) is 41.4 Å². The van der Waals surface area contributed by atoms with Gasteiger partial charge in [-0.1, -0.05) is 23.7 Å². The van der Waals surface area contributed by atoms with E-state index in [1.165, 1.54) is 28.6 Å². The summed E-state index contributed by atoms with van der Waals surface area (Å²) in [5.74, 6) is -0.218. The van der Waals surface area contributed by atoms with Gasteiger partial charge in [0.25, 0.3) is 5.91 Å². The molecule has 2 aromatic carbocycles. The number of amides is 1. The van der Waals surface area contributed by atoms with Crippen LogP contribution in [-0.2, 0) is 17.5 Å². The molecule has 2 saturated heterocycles. The van der Waals surface area contributed by atoms with Gasteiger partial charge in [-0.15, -0.1) is 0 Å². The number of halogens is 4. The third kappa shape index (κ3) is 6.06. The van der Waals surface area contributed by atoms with Crippen LogP contribution in [0, 0.1) is 0 Å². The number of benzene rings is 2. The SMILES string of the molecule is O=C1NC(=NC2CCN(CCO)CC2)SC1=Cc1ccc2c(cnn2Cc2ccc(Cl)cc2C(F)(F)F)c1. The molecule has 12 heteroatoms. The first-order valence-corrected chi connectivity index (χ1v) is 13.3. The van der Waals surface area contributed by atoms with Gasteiger partial charge >= 0.3 is 6.18 Å². The molecule has 0 radical (unpaired) electrons. The zero-order valence-corrected chi connectivity index (χ0v) is 21.8. The van der Waals surface area contributed by atoms with E-state index < -0.39 is 11.7 Å². The number of nitrogens with one attached hydrogen (secondary N) is 1. The average Bonchev–Trinajstić information content (AvgIpc) is 3.43. The number of aliphatic imine (C=N–C) groups is 1. The minimum Gasteiger partial charge on any atom is -0.395 e. The second-order valence-electron chi connectivity index (χ2n) is 9.22. The standard InChI is InChI=1S/C26H25ClF3N5O2S/c27-19-3-2-17(21(13-19)26(28,29)30)15-35-22-4-1-16(11-18(22)14-31-35)12-23-24(37)33-25(38-23)32-20-5-7-34(8-6-20)9-10-36/h1-4,11-14,20,36H,5-10,15H2,(H,32,33,37). The molecule has 2 fully saturated rings. The highest BCUT2D eigenvalue weighted by atomic mass is 35.5. The largest absolute Gasteiger partial charge is 0.416 e. The molecule has 1 amide bonds. The number of thioether (sulfide) groups is 1. The van der Waals surface area contributed by atoms with Gasteiger partial charge in [-0.2, -0.15) is 18.3 Å². The Hall–Kier alpha value is -2.86. The van der Waals surface area contributed by atoms with Crippen LogP contribution in [0.15, 0.2) is 52.5 Å². The first-order valence-electron chi connectivity index (χ1n) is 12.1. The van der Waals surface area contributed by atoms with Gasteiger partial charge in [0.15, 0.2) is 5.17 Å². The van der Waals surface area contributed by atoms with Crippen molar-refractivity contribution in [2.24, 2.45) is 4.99 Å². The van der Waals surface area contributed by atoms with Gasteiger partial charge < -0.3 is 15.3 Å². The normalized spacial score (nSPS) is 19.7. The number of hydrogen-bond donors (Lipinski definition) is 2. The van der Waals surface area contributed by atoms with Crippen molar-refractivity contribution in [1.29, 1.82) is 0 Å². The molecule has 38 heavy (non-hydrogen) atoms. The Bertz CT molecular complexity index is 1410. The predicted octanol–water partition coefficient (Wildman–Crippen LogP) is 4.77. The van der Waals surface area contributed by atoms with Crippen molar-refractivity contribution in [3.05, 3.63) is 69.2 Å². The fourth-order valence-electron chi connectivity index (χ4n) is 4.65. The quantitative estimate of drug-likeness (QED) is 0.422. The van der Waals surface area contributed by atoms with Crippen molar-refractivity contribution in [3.8, 4) is 0 Å². The van der Waals surface area contributed by atoms with Gasteiger partial charge in [0.2, 0.25) is 0 Å². The lowest BCUT2D eigenvalue weighted by Crippen LogP contribution is -2.37. The lowest BCUT2D eigenvalue weighted by molar-refractivity contribution is -0.138. The van der Waals surface area contributed by atoms with Crippen LogP contribution < -0.4 is 5.32 Å². The smallest absolute Gasteiger partial charge is 0.395 e. The van der Waals surface area contributed by atoms with E-state index in [0.29, 0.717) is 22.1 Å². The molecule has 7 nitrogen and oxygen atoms in total. The summed E-state index contributed by atoms with van der Waals surface area (Å²) in [6, 6.07) is 9.29. The molecular weight excluding hydrogens is 539 g/mol. The number of alkyl halides is 3. The number of aliphatic hydroxyl groups is 1.